The molecule has 15 heteroatoms. The number of carbonyl (C=O) groups excluding carboxylic acids is 2. The van der Waals surface area contributed by atoms with Gasteiger partial charge in [0.05, 0.1) is 33.0 Å². The lowest BCUT2D eigenvalue weighted by Gasteiger charge is -2.40. The van der Waals surface area contributed by atoms with Gasteiger partial charge in [0.2, 0.25) is 0 Å². The van der Waals surface area contributed by atoms with Gasteiger partial charge in [-0.25, -0.2) is 0 Å². The molecule has 0 aromatic heterocycles. The van der Waals surface area contributed by atoms with Crippen molar-refractivity contribution in [2.75, 3.05) is 46.2 Å². The molecule has 2 aliphatic rings. The summed E-state index contributed by atoms with van der Waals surface area (Å²) in [6.07, 6.45) is -12.4. The molecule has 48 heavy (non-hydrogen) atoms. The van der Waals surface area contributed by atoms with Crippen LogP contribution in [0.15, 0.2) is 48.5 Å². The van der Waals surface area contributed by atoms with Crippen molar-refractivity contribution in [2.24, 2.45) is 0 Å². The molecule has 0 radical (unpaired) electrons. The number of ether oxygens (including phenoxy) is 4. The van der Waals surface area contributed by atoms with E-state index in [0.29, 0.717) is 29.7 Å². The van der Waals surface area contributed by atoms with Crippen LogP contribution in [0.25, 0.3) is 0 Å². The molecular formula is C33H45NO14. The van der Waals surface area contributed by atoms with E-state index in [-0.39, 0.29) is 44.1 Å². The van der Waals surface area contributed by atoms with E-state index in [1.165, 1.54) is 6.07 Å². The Labute approximate surface area is 277 Å². The Bertz CT molecular complexity index is 1230. The second-order valence-electron chi connectivity index (χ2n) is 11.8. The smallest absolute Gasteiger partial charge is 0.251 e. The van der Waals surface area contributed by atoms with E-state index in [2.05, 4.69) is 5.32 Å². The molecule has 0 saturated carbocycles. The first-order chi connectivity index (χ1) is 23.1. The zero-order chi connectivity index (χ0) is 34.8. The summed E-state index contributed by atoms with van der Waals surface area (Å²) >= 11 is 0. The molecule has 266 valence electrons. The largest absolute Gasteiger partial charge is 0.394 e. The van der Waals surface area contributed by atoms with Crippen LogP contribution in [0.5, 0.6) is 0 Å². The fourth-order valence-corrected chi connectivity index (χ4v) is 5.64. The number of Topliss-reactive ketones (excluding diaryl/α,β-unsaturated/α-hetero) is 1. The fourth-order valence-electron chi connectivity index (χ4n) is 5.64. The van der Waals surface area contributed by atoms with Crippen LogP contribution in [-0.2, 0) is 18.9 Å². The number of aliphatic hydroxyl groups excluding tert-OH is 8. The summed E-state index contributed by atoms with van der Waals surface area (Å²) in [5, 5.41) is 82.4. The van der Waals surface area contributed by atoms with E-state index in [9.17, 15) is 50.4 Å². The van der Waals surface area contributed by atoms with E-state index >= 15 is 0 Å². The van der Waals surface area contributed by atoms with Crippen molar-refractivity contribution in [2.45, 2.75) is 73.9 Å². The minimum atomic E-state index is -1.53. The maximum atomic E-state index is 12.7. The number of carbonyl (C=O) groups is 2. The van der Waals surface area contributed by atoms with Gasteiger partial charge in [0.25, 0.3) is 5.91 Å². The molecule has 0 unspecified atom stereocenters. The molecule has 2 aromatic carbocycles. The van der Waals surface area contributed by atoms with Crippen LogP contribution in [0.4, 0.5) is 0 Å². The predicted molar refractivity (Wildman–Crippen MR) is 166 cm³/mol. The maximum Gasteiger partial charge on any atom is 0.251 e. The molecule has 2 aromatic rings. The van der Waals surface area contributed by atoms with Crippen molar-refractivity contribution in [3.8, 4) is 0 Å². The molecule has 0 bridgehead atoms. The van der Waals surface area contributed by atoms with Crippen LogP contribution in [0.1, 0.15) is 56.9 Å². The first kappa shape index (κ1) is 37.9. The van der Waals surface area contributed by atoms with Gasteiger partial charge in [0.15, 0.2) is 5.78 Å². The molecule has 9 N–H and O–H groups in total. The van der Waals surface area contributed by atoms with E-state index in [0.717, 1.165) is 0 Å². The monoisotopic (exact) mass is 679 g/mol. The molecule has 0 aliphatic carbocycles. The highest BCUT2D eigenvalue weighted by molar-refractivity contribution is 5.96. The third kappa shape index (κ3) is 9.41. The van der Waals surface area contributed by atoms with Gasteiger partial charge < -0.3 is 65.1 Å². The number of nitrogens with one attached hydrogen (secondary N) is 1. The highest BCUT2D eigenvalue weighted by Gasteiger charge is 2.45. The fraction of sp³-hybridized carbons (Fsp3) is 0.576. The average Bonchev–Trinajstić information content (AvgIpc) is 3.10. The van der Waals surface area contributed by atoms with Crippen LogP contribution < -0.4 is 5.32 Å². The molecular weight excluding hydrogens is 634 g/mol. The van der Waals surface area contributed by atoms with Crippen molar-refractivity contribution in [1.29, 1.82) is 0 Å². The van der Waals surface area contributed by atoms with E-state index < -0.39 is 80.2 Å². The standard InChI is InChI=1S/C33H45NO14/c35-16-23-25(38)27(40)29(42)31(47-23)19-5-1-4-18(14-19)22(37)8-3-10-45-12-13-46-11-9-34-33(44)21-7-2-6-20(15-21)32-30(43)28(41)26(39)24(17-36)48-32/h1-2,4-7,14-15,23-32,35-36,38-43H,3,8-13,16-17H2,(H,34,44)/t23-,24-,25-,26-,27+,28+,29+,30-,31-,32-/m1/s1. The predicted octanol–water partition coefficient (Wildman–Crippen LogP) is -1.86. The van der Waals surface area contributed by atoms with Crippen molar-refractivity contribution in [3.63, 3.8) is 0 Å². The van der Waals surface area contributed by atoms with Crippen molar-refractivity contribution < 1.29 is 69.4 Å². The SMILES string of the molecule is O=C(CCCOCCOCCNC(=O)c1cccc([C@H]2O[C@H](CO)[C@@H](O)[C@H](O)[C@H]2O)c1)c1cccc([C@H]2O[C@H](CO)[C@@H](O)[C@H](O)[C@@H]2O)c1. The number of benzene rings is 2. The van der Waals surface area contributed by atoms with Crippen LogP contribution in [0, 0.1) is 0 Å². The third-order valence-corrected chi connectivity index (χ3v) is 8.40. The molecule has 15 nitrogen and oxygen atoms in total. The summed E-state index contributed by atoms with van der Waals surface area (Å²) in [7, 11) is 0. The van der Waals surface area contributed by atoms with Gasteiger partial charge >= 0.3 is 0 Å². The number of ketones is 1. The molecule has 10 atom stereocenters. The Morgan fingerprint density at radius 1 is 0.646 bits per heavy atom. The quantitative estimate of drug-likeness (QED) is 0.0698. The van der Waals surface area contributed by atoms with Crippen LogP contribution in [0.2, 0.25) is 0 Å². The summed E-state index contributed by atoms with van der Waals surface area (Å²) < 4.78 is 22.2. The van der Waals surface area contributed by atoms with Crippen molar-refractivity contribution in [3.05, 3.63) is 70.8 Å². The minimum absolute atomic E-state index is 0.157. The van der Waals surface area contributed by atoms with Crippen LogP contribution in [0.3, 0.4) is 0 Å². The summed E-state index contributed by atoms with van der Waals surface area (Å²) in [5.74, 6) is -0.555. The Morgan fingerprint density at radius 3 is 1.69 bits per heavy atom. The molecule has 2 saturated heterocycles. The molecule has 4 rings (SSSR count). The van der Waals surface area contributed by atoms with Gasteiger partial charge in [0.1, 0.15) is 61.0 Å². The molecule has 2 fully saturated rings. The van der Waals surface area contributed by atoms with Crippen LogP contribution >= 0.6 is 0 Å². The summed E-state index contributed by atoms with van der Waals surface area (Å²) in [6.45, 7) is 0.165. The van der Waals surface area contributed by atoms with Gasteiger partial charge in [-0.1, -0.05) is 30.3 Å². The van der Waals surface area contributed by atoms with Gasteiger partial charge in [-0.2, -0.15) is 0 Å². The normalized spacial score (nSPS) is 30.6. The highest BCUT2D eigenvalue weighted by Crippen LogP contribution is 2.34. The highest BCUT2D eigenvalue weighted by atomic mass is 16.6. The summed E-state index contributed by atoms with van der Waals surface area (Å²) in [4.78, 5) is 25.4. The van der Waals surface area contributed by atoms with Gasteiger partial charge in [-0.3, -0.25) is 9.59 Å². The number of hydrogen-bond donors (Lipinski definition) is 9. The van der Waals surface area contributed by atoms with Crippen molar-refractivity contribution in [1.82, 2.24) is 5.32 Å². The first-order valence-corrected chi connectivity index (χ1v) is 15.8. The van der Waals surface area contributed by atoms with Gasteiger partial charge in [0, 0.05) is 30.7 Å². The summed E-state index contributed by atoms with van der Waals surface area (Å²) in [5.41, 5.74) is 1.50. The Balaban J connectivity index is 1.10. The Kier molecular flexibility index (Phi) is 14.4. The molecule has 1 amide bonds. The second-order valence-corrected chi connectivity index (χ2v) is 11.8. The second kappa shape index (κ2) is 18.2. The third-order valence-electron chi connectivity index (χ3n) is 8.40. The van der Waals surface area contributed by atoms with E-state index in [1.54, 1.807) is 42.5 Å². The number of amides is 1. The van der Waals surface area contributed by atoms with Gasteiger partial charge in [-0.15, -0.1) is 0 Å². The lowest BCUT2D eigenvalue weighted by Crippen LogP contribution is -2.55. The average molecular weight is 680 g/mol. The topological polar surface area (TPSA) is 245 Å². The lowest BCUT2D eigenvalue weighted by atomic mass is 9.90. The zero-order valence-corrected chi connectivity index (χ0v) is 26.3. The zero-order valence-electron chi connectivity index (χ0n) is 26.3. The number of hydrogen-bond acceptors (Lipinski definition) is 14. The van der Waals surface area contributed by atoms with E-state index in [4.69, 9.17) is 18.9 Å². The van der Waals surface area contributed by atoms with Crippen molar-refractivity contribution >= 4 is 11.7 Å². The lowest BCUT2D eigenvalue weighted by molar-refractivity contribution is -0.231. The van der Waals surface area contributed by atoms with Crippen LogP contribution in [-0.4, -0.2) is 148 Å². The molecule has 0 spiro atoms. The Hall–Kier alpha value is -2.90. The Morgan fingerprint density at radius 2 is 1.15 bits per heavy atom. The maximum absolute atomic E-state index is 12.7. The summed E-state index contributed by atoms with van der Waals surface area (Å²) in [6, 6.07) is 12.7. The molecule has 2 heterocycles. The molecule has 2 aliphatic heterocycles. The first-order valence-electron chi connectivity index (χ1n) is 15.8. The number of aliphatic hydroxyl groups is 8. The number of rotatable bonds is 16. The van der Waals surface area contributed by atoms with E-state index in [1.807, 2.05) is 0 Å². The van der Waals surface area contributed by atoms with Gasteiger partial charge in [-0.05, 0) is 35.7 Å². The minimum Gasteiger partial charge on any atom is -0.394 e.